The van der Waals surface area contributed by atoms with Gasteiger partial charge in [-0.2, -0.15) is 17.0 Å². The van der Waals surface area contributed by atoms with Crippen LogP contribution in [0.5, 0.6) is 0 Å². The Balaban J connectivity index is 0.00000243. The standard InChI is InChI=1S/C17H32N4O3S.ClH/c1-19(15-7-3-2-4-8-15)25(23,24)21-13-11-20(12-14-21)16(22)17(18)9-5-6-10-17;/h15H,2-14,18H2,1H3;1H. The maximum Gasteiger partial charge on any atom is 0.282 e. The fourth-order valence-electron chi connectivity index (χ4n) is 4.47. The van der Waals surface area contributed by atoms with Crippen molar-refractivity contribution in [1.82, 2.24) is 13.5 Å². The molecule has 1 aliphatic heterocycles. The van der Waals surface area contributed by atoms with Gasteiger partial charge in [0.2, 0.25) is 5.91 Å². The minimum Gasteiger partial charge on any atom is -0.338 e. The highest BCUT2D eigenvalue weighted by Gasteiger charge is 2.42. The topological polar surface area (TPSA) is 87.0 Å². The van der Waals surface area contributed by atoms with Crippen molar-refractivity contribution in [2.75, 3.05) is 33.2 Å². The lowest BCUT2D eigenvalue weighted by atomic mass is 9.96. The van der Waals surface area contributed by atoms with E-state index in [1.807, 2.05) is 0 Å². The molecule has 1 heterocycles. The smallest absolute Gasteiger partial charge is 0.282 e. The van der Waals surface area contributed by atoms with E-state index in [0.717, 1.165) is 51.4 Å². The van der Waals surface area contributed by atoms with Crippen molar-refractivity contribution in [3.63, 3.8) is 0 Å². The molecule has 3 fully saturated rings. The molecular weight excluding hydrogens is 376 g/mol. The average Bonchev–Trinajstić information content (AvgIpc) is 3.09. The average molecular weight is 409 g/mol. The molecule has 9 heteroatoms. The van der Waals surface area contributed by atoms with Gasteiger partial charge in [-0.3, -0.25) is 4.79 Å². The number of hydrogen-bond acceptors (Lipinski definition) is 4. The first-order chi connectivity index (χ1) is 11.8. The van der Waals surface area contributed by atoms with E-state index in [4.69, 9.17) is 5.73 Å². The van der Waals surface area contributed by atoms with E-state index in [1.165, 1.54) is 10.7 Å². The largest absolute Gasteiger partial charge is 0.338 e. The predicted molar refractivity (Wildman–Crippen MR) is 104 cm³/mol. The summed E-state index contributed by atoms with van der Waals surface area (Å²) in [7, 11) is -1.74. The second-order valence-corrected chi connectivity index (χ2v) is 9.86. The third kappa shape index (κ3) is 4.35. The molecule has 0 unspecified atom stereocenters. The molecule has 0 aromatic heterocycles. The lowest BCUT2D eigenvalue weighted by Crippen LogP contribution is -2.60. The van der Waals surface area contributed by atoms with E-state index < -0.39 is 15.7 Å². The van der Waals surface area contributed by atoms with Crippen LogP contribution in [0.2, 0.25) is 0 Å². The summed E-state index contributed by atoms with van der Waals surface area (Å²) in [6.45, 7) is 1.60. The van der Waals surface area contributed by atoms with Gasteiger partial charge in [0.25, 0.3) is 10.2 Å². The predicted octanol–water partition coefficient (Wildman–Crippen LogP) is 1.33. The number of amides is 1. The maximum absolute atomic E-state index is 12.9. The Bertz CT molecular complexity index is 581. The van der Waals surface area contributed by atoms with Crippen molar-refractivity contribution < 1.29 is 13.2 Å². The molecule has 2 saturated carbocycles. The highest BCUT2D eigenvalue weighted by Crippen LogP contribution is 2.30. The van der Waals surface area contributed by atoms with Gasteiger partial charge in [-0.1, -0.05) is 32.1 Å². The maximum atomic E-state index is 12.9. The highest BCUT2D eigenvalue weighted by atomic mass is 35.5. The van der Waals surface area contributed by atoms with Crippen molar-refractivity contribution in [2.45, 2.75) is 69.4 Å². The van der Waals surface area contributed by atoms with E-state index in [-0.39, 0.29) is 24.4 Å². The zero-order valence-corrected chi connectivity index (χ0v) is 17.4. The molecule has 2 aliphatic carbocycles. The fourth-order valence-corrected chi connectivity index (χ4v) is 6.05. The van der Waals surface area contributed by atoms with Gasteiger partial charge in [-0.15, -0.1) is 12.4 Å². The van der Waals surface area contributed by atoms with Gasteiger partial charge in [0, 0.05) is 39.3 Å². The first-order valence-electron chi connectivity index (χ1n) is 9.66. The molecule has 26 heavy (non-hydrogen) atoms. The fraction of sp³-hybridized carbons (Fsp3) is 0.941. The molecule has 0 aromatic rings. The molecule has 0 aromatic carbocycles. The van der Waals surface area contributed by atoms with Crippen LogP contribution >= 0.6 is 12.4 Å². The summed E-state index contributed by atoms with van der Waals surface area (Å²) >= 11 is 0. The number of halogens is 1. The zero-order valence-electron chi connectivity index (χ0n) is 15.7. The summed E-state index contributed by atoms with van der Waals surface area (Å²) in [5, 5.41) is 0. The zero-order chi connectivity index (χ0) is 18.1. The lowest BCUT2D eigenvalue weighted by molar-refractivity contribution is -0.138. The molecule has 0 atom stereocenters. The molecule has 0 radical (unpaired) electrons. The monoisotopic (exact) mass is 408 g/mol. The summed E-state index contributed by atoms with van der Waals surface area (Å²) in [6, 6.07) is 0.115. The van der Waals surface area contributed by atoms with Crippen molar-refractivity contribution >= 4 is 28.5 Å². The summed E-state index contributed by atoms with van der Waals surface area (Å²) < 4.78 is 28.9. The number of nitrogens with two attached hydrogens (primary N) is 1. The first kappa shape index (κ1) is 21.9. The van der Waals surface area contributed by atoms with E-state index in [1.54, 1.807) is 16.3 Å². The normalized spacial score (nSPS) is 25.3. The van der Waals surface area contributed by atoms with Crippen LogP contribution in [0.25, 0.3) is 0 Å². The Labute approximate surface area is 163 Å². The Morgan fingerprint density at radius 1 is 1.00 bits per heavy atom. The SMILES string of the molecule is CN(C1CCCCC1)S(=O)(=O)N1CCN(C(=O)C2(N)CCCC2)CC1.Cl. The molecule has 3 aliphatic rings. The van der Waals surface area contributed by atoms with Gasteiger partial charge >= 0.3 is 0 Å². The molecule has 0 bridgehead atoms. The van der Waals surface area contributed by atoms with Crippen LogP contribution in [-0.2, 0) is 15.0 Å². The Hall–Kier alpha value is -0.410. The van der Waals surface area contributed by atoms with Gasteiger partial charge < -0.3 is 10.6 Å². The van der Waals surface area contributed by atoms with Crippen LogP contribution in [0.3, 0.4) is 0 Å². The Kier molecular flexibility index (Phi) is 7.35. The second-order valence-electron chi connectivity index (χ2n) is 7.87. The Morgan fingerprint density at radius 3 is 2.08 bits per heavy atom. The molecule has 152 valence electrons. The Morgan fingerprint density at radius 2 is 1.54 bits per heavy atom. The van der Waals surface area contributed by atoms with Crippen LogP contribution < -0.4 is 5.73 Å². The van der Waals surface area contributed by atoms with Crippen LogP contribution in [0.1, 0.15) is 57.8 Å². The number of piperazine rings is 1. The van der Waals surface area contributed by atoms with Crippen molar-refractivity contribution in [3.05, 3.63) is 0 Å². The summed E-state index contributed by atoms with van der Waals surface area (Å²) in [5.41, 5.74) is 5.55. The quantitative estimate of drug-likeness (QED) is 0.760. The third-order valence-corrected chi connectivity index (χ3v) is 8.27. The molecular formula is C17H33ClN4O3S. The molecule has 1 saturated heterocycles. The molecule has 0 spiro atoms. The van der Waals surface area contributed by atoms with Crippen LogP contribution in [0.4, 0.5) is 0 Å². The van der Waals surface area contributed by atoms with Gasteiger partial charge in [0.05, 0.1) is 5.54 Å². The van der Waals surface area contributed by atoms with Crippen molar-refractivity contribution in [1.29, 1.82) is 0 Å². The van der Waals surface area contributed by atoms with Gasteiger partial charge in [0.1, 0.15) is 0 Å². The second kappa shape index (κ2) is 8.73. The van der Waals surface area contributed by atoms with Crippen LogP contribution in [-0.4, -0.2) is 72.6 Å². The minimum absolute atomic E-state index is 0. The minimum atomic E-state index is -3.45. The number of hydrogen-bond donors (Lipinski definition) is 1. The van der Waals surface area contributed by atoms with E-state index >= 15 is 0 Å². The van der Waals surface area contributed by atoms with Crippen molar-refractivity contribution in [3.8, 4) is 0 Å². The lowest BCUT2D eigenvalue weighted by Gasteiger charge is -2.40. The molecule has 3 rings (SSSR count). The van der Waals surface area contributed by atoms with Gasteiger partial charge in [-0.05, 0) is 25.7 Å². The van der Waals surface area contributed by atoms with Crippen LogP contribution in [0, 0.1) is 0 Å². The van der Waals surface area contributed by atoms with Crippen LogP contribution in [0.15, 0.2) is 0 Å². The number of rotatable bonds is 4. The van der Waals surface area contributed by atoms with E-state index in [9.17, 15) is 13.2 Å². The van der Waals surface area contributed by atoms with Gasteiger partial charge in [0.15, 0.2) is 0 Å². The number of nitrogens with zero attached hydrogens (tertiary/aromatic N) is 3. The molecule has 2 N–H and O–H groups in total. The van der Waals surface area contributed by atoms with E-state index in [0.29, 0.717) is 26.2 Å². The summed E-state index contributed by atoms with van der Waals surface area (Å²) in [4.78, 5) is 14.4. The molecule has 1 amide bonds. The van der Waals surface area contributed by atoms with Crippen molar-refractivity contribution in [2.24, 2.45) is 5.73 Å². The third-order valence-electron chi connectivity index (χ3n) is 6.23. The first-order valence-corrected chi connectivity index (χ1v) is 11.1. The molecule has 7 nitrogen and oxygen atoms in total. The van der Waals surface area contributed by atoms with E-state index in [2.05, 4.69) is 0 Å². The number of carbonyl (C=O) groups excluding carboxylic acids is 1. The summed E-state index contributed by atoms with van der Waals surface area (Å²) in [5.74, 6) is 0.00248. The summed E-state index contributed by atoms with van der Waals surface area (Å²) in [6.07, 6.45) is 8.80. The number of carbonyl (C=O) groups is 1. The van der Waals surface area contributed by atoms with Gasteiger partial charge in [-0.25, -0.2) is 0 Å². The highest BCUT2D eigenvalue weighted by molar-refractivity contribution is 7.86.